The van der Waals surface area contributed by atoms with E-state index >= 15 is 0 Å². The third-order valence-electron chi connectivity index (χ3n) is 3.35. The summed E-state index contributed by atoms with van der Waals surface area (Å²) >= 11 is 0. The predicted molar refractivity (Wildman–Crippen MR) is 75.7 cm³/mol. The van der Waals surface area contributed by atoms with Gasteiger partial charge >= 0.3 is 0 Å². The lowest BCUT2D eigenvalue weighted by Crippen LogP contribution is -2.50. The molecule has 0 aromatic carbocycles. The molecule has 1 aliphatic rings. The van der Waals surface area contributed by atoms with Crippen molar-refractivity contribution in [2.75, 3.05) is 26.2 Å². The molecule has 1 atom stereocenters. The zero-order valence-electron chi connectivity index (χ0n) is 12.2. The molecule has 1 saturated heterocycles. The van der Waals surface area contributed by atoms with Gasteiger partial charge in [0.1, 0.15) is 0 Å². The lowest BCUT2D eigenvalue weighted by atomic mass is 10.0. The average Bonchev–Trinajstić information content (AvgIpc) is 2.30. The van der Waals surface area contributed by atoms with Crippen molar-refractivity contribution in [3.05, 3.63) is 0 Å². The first-order valence-corrected chi connectivity index (χ1v) is 7.37. The number of piperidine rings is 1. The van der Waals surface area contributed by atoms with Crippen molar-refractivity contribution >= 4 is 5.91 Å². The van der Waals surface area contributed by atoms with E-state index in [2.05, 4.69) is 22.5 Å². The quantitative estimate of drug-likeness (QED) is 0.675. The van der Waals surface area contributed by atoms with Crippen molar-refractivity contribution < 1.29 is 4.79 Å². The molecule has 0 saturated carbocycles. The molecule has 0 bridgehead atoms. The Morgan fingerprint density at radius 1 is 1.39 bits per heavy atom. The topological polar surface area (TPSA) is 44.4 Å². The molecule has 2 N–H and O–H groups in total. The highest BCUT2D eigenvalue weighted by molar-refractivity contribution is 5.78. The fourth-order valence-electron chi connectivity index (χ4n) is 2.50. The molecule has 1 fully saturated rings. The van der Waals surface area contributed by atoms with Crippen LogP contribution in [0.3, 0.4) is 0 Å². The third kappa shape index (κ3) is 5.83. The molecule has 1 unspecified atom stereocenters. The zero-order chi connectivity index (χ0) is 13.4. The van der Waals surface area contributed by atoms with Gasteiger partial charge in [-0.1, -0.05) is 13.3 Å². The average molecular weight is 255 g/mol. The van der Waals surface area contributed by atoms with E-state index in [-0.39, 0.29) is 11.9 Å². The highest BCUT2D eigenvalue weighted by Crippen LogP contribution is 2.15. The number of carbonyl (C=O) groups is 1. The first-order chi connectivity index (χ1) is 8.63. The summed E-state index contributed by atoms with van der Waals surface area (Å²) in [6, 6.07) is 0.766. The van der Waals surface area contributed by atoms with E-state index in [1.165, 1.54) is 25.7 Å². The van der Waals surface area contributed by atoms with Gasteiger partial charge in [0.15, 0.2) is 0 Å². The molecule has 1 heterocycles. The van der Waals surface area contributed by atoms with Crippen molar-refractivity contribution in [3.8, 4) is 0 Å². The van der Waals surface area contributed by atoms with Crippen LogP contribution in [0.2, 0.25) is 0 Å². The largest absolute Gasteiger partial charge is 0.353 e. The molecule has 1 aliphatic heterocycles. The second-order valence-electron chi connectivity index (χ2n) is 5.55. The number of rotatable bonds is 7. The summed E-state index contributed by atoms with van der Waals surface area (Å²) in [5.74, 6) is 0.160. The highest BCUT2D eigenvalue weighted by Gasteiger charge is 2.23. The van der Waals surface area contributed by atoms with Crippen molar-refractivity contribution in [1.29, 1.82) is 0 Å². The van der Waals surface area contributed by atoms with Crippen molar-refractivity contribution in [3.63, 3.8) is 0 Å². The summed E-state index contributed by atoms with van der Waals surface area (Å²) in [6.45, 7) is 9.90. The zero-order valence-corrected chi connectivity index (χ0v) is 12.2. The Bertz CT molecular complexity index is 243. The van der Waals surface area contributed by atoms with E-state index in [0.29, 0.717) is 12.6 Å². The smallest absolute Gasteiger partial charge is 0.234 e. The van der Waals surface area contributed by atoms with Gasteiger partial charge in [-0.05, 0) is 46.2 Å². The van der Waals surface area contributed by atoms with Crippen LogP contribution in [0.4, 0.5) is 0 Å². The Labute approximate surface area is 111 Å². The molecular weight excluding hydrogens is 226 g/mol. The number of carbonyl (C=O) groups excluding carboxylic acids is 1. The van der Waals surface area contributed by atoms with Gasteiger partial charge < -0.3 is 10.6 Å². The molecule has 106 valence electrons. The molecule has 0 spiro atoms. The molecule has 0 radical (unpaired) electrons. The lowest BCUT2D eigenvalue weighted by molar-refractivity contribution is -0.123. The molecule has 1 rings (SSSR count). The second kappa shape index (κ2) is 8.48. The molecule has 0 aliphatic carbocycles. The first-order valence-electron chi connectivity index (χ1n) is 7.37. The Kier molecular flexibility index (Phi) is 7.28. The van der Waals surface area contributed by atoms with E-state index in [0.717, 1.165) is 19.6 Å². The summed E-state index contributed by atoms with van der Waals surface area (Å²) in [5, 5.41) is 6.45. The van der Waals surface area contributed by atoms with Gasteiger partial charge in [-0.2, -0.15) is 0 Å². The van der Waals surface area contributed by atoms with Crippen LogP contribution < -0.4 is 10.6 Å². The van der Waals surface area contributed by atoms with Crippen LogP contribution in [0.25, 0.3) is 0 Å². The molecule has 18 heavy (non-hydrogen) atoms. The minimum absolute atomic E-state index is 0.160. The monoisotopic (exact) mass is 255 g/mol. The van der Waals surface area contributed by atoms with Crippen molar-refractivity contribution in [1.82, 2.24) is 15.5 Å². The Balaban J connectivity index is 2.36. The second-order valence-corrected chi connectivity index (χ2v) is 5.55. The number of amides is 1. The normalized spacial score (nSPS) is 21.2. The van der Waals surface area contributed by atoms with E-state index in [4.69, 9.17) is 0 Å². The van der Waals surface area contributed by atoms with Crippen molar-refractivity contribution in [2.45, 2.75) is 58.5 Å². The fourth-order valence-corrected chi connectivity index (χ4v) is 2.50. The number of likely N-dealkylation sites (tertiary alicyclic amines) is 1. The van der Waals surface area contributed by atoms with Gasteiger partial charge in [0.25, 0.3) is 0 Å². The molecule has 4 heteroatoms. The van der Waals surface area contributed by atoms with Crippen LogP contribution in [0, 0.1) is 0 Å². The molecule has 1 amide bonds. The Morgan fingerprint density at radius 2 is 2.17 bits per heavy atom. The SMILES string of the molecule is CCCNCC1CCCCN1CC(=O)NC(C)C. The van der Waals surface area contributed by atoms with E-state index in [1.54, 1.807) is 0 Å². The summed E-state index contributed by atoms with van der Waals surface area (Å²) < 4.78 is 0. The summed E-state index contributed by atoms with van der Waals surface area (Å²) in [7, 11) is 0. The van der Waals surface area contributed by atoms with Crippen LogP contribution in [0.1, 0.15) is 46.5 Å². The first kappa shape index (κ1) is 15.4. The lowest BCUT2D eigenvalue weighted by Gasteiger charge is -2.35. The predicted octanol–water partition coefficient (Wildman–Crippen LogP) is 1.37. The van der Waals surface area contributed by atoms with Gasteiger partial charge in [-0.25, -0.2) is 0 Å². The van der Waals surface area contributed by atoms with Gasteiger partial charge in [-0.15, -0.1) is 0 Å². The molecule has 0 aromatic rings. The van der Waals surface area contributed by atoms with E-state index in [9.17, 15) is 4.79 Å². The summed E-state index contributed by atoms with van der Waals surface area (Å²) in [6.07, 6.45) is 4.90. The molecule has 4 nitrogen and oxygen atoms in total. The van der Waals surface area contributed by atoms with Crippen LogP contribution >= 0.6 is 0 Å². The maximum absolute atomic E-state index is 11.8. The molecule has 0 aromatic heterocycles. The van der Waals surface area contributed by atoms with Gasteiger partial charge in [0.05, 0.1) is 6.54 Å². The van der Waals surface area contributed by atoms with Gasteiger partial charge in [-0.3, -0.25) is 9.69 Å². The number of hydrogen-bond donors (Lipinski definition) is 2. The van der Waals surface area contributed by atoms with Gasteiger partial charge in [0, 0.05) is 18.6 Å². The van der Waals surface area contributed by atoms with Crippen LogP contribution in [-0.2, 0) is 4.79 Å². The Morgan fingerprint density at radius 3 is 2.83 bits per heavy atom. The maximum Gasteiger partial charge on any atom is 0.234 e. The Hall–Kier alpha value is -0.610. The number of nitrogens with one attached hydrogen (secondary N) is 2. The third-order valence-corrected chi connectivity index (χ3v) is 3.35. The standard InChI is InChI=1S/C14H29N3O/c1-4-8-15-10-13-7-5-6-9-17(13)11-14(18)16-12(2)3/h12-13,15H,4-11H2,1-3H3,(H,16,18). The minimum Gasteiger partial charge on any atom is -0.353 e. The van der Waals surface area contributed by atoms with Crippen LogP contribution in [0.5, 0.6) is 0 Å². The van der Waals surface area contributed by atoms with E-state index < -0.39 is 0 Å². The van der Waals surface area contributed by atoms with Crippen LogP contribution in [-0.4, -0.2) is 49.1 Å². The summed E-state index contributed by atoms with van der Waals surface area (Å²) in [5.41, 5.74) is 0. The van der Waals surface area contributed by atoms with E-state index in [1.807, 2.05) is 13.8 Å². The van der Waals surface area contributed by atoms with Crippen LogP contribution in [0.15, 0.2) is 0 Å². The fraction of sp³-hybridized carbons (Fsp3) is 0.929. The number of nitrogens with zero attached hydrogens (tertiary/aromatic N) is 1. The minimum atomic E-state index is 0.160. The van der Waals surface area contributed by atoms with Crippen molar-refractivity contribution in [2.24, 2.45) is 0 Å². The summed E-state index contributed by atoms with van der Waals surface area (Å²) in [4.78, 5) is 14.2. The maximum atomic E-state index is 11.8. The highest BCUT2D eigenvalue weighted by atomic mass is 16.2. The molecular formula is C14H29N3O. The number of hydrogen-bond acceptors (Lipinski definition) is 3. The van der Waals surface area contributed by atoms with Gasteiger partial charge in [0.2, 0.25) is 5.91 Å².